The van der Waals surface area contributed by atoms with Gasteiger partial charge in [0.15, 0.2) is 0 Å². The molecule has 0 bridgehead atoms. The number of hydrogen-bond acceptors (Lipinski definition) is 2. The smallest absolute Gasteiger partial charge is 0.210 e. The van der Waals surface area contributed by atoms with Crippen LogP contribution < -0.4 is 0 Å². The highest BCUT2D eigenvalue weighted by Gasteiger charge is 2.19. The van der Waals surface area contributed by atoms with E-state index in [1.165, 1.54) is 0 Å². The first-order valence-corrected chi connectivity index (χ1v) is 4.68. The summed E-state index contributed by atoms with van der Waals surface area (Å²) in [6.07, 6.45) is 9.47. The molecule has 3 heteroatoms. The van der Waals surface area contributed by atoms with Gasteiger partial charge in [-0.1, -0.05) is 18.2 Å². The summed E-state index contributed by atoms with van der Waals surface area (Å²) in [7, 11) is 0. The van der Waals surface area contributed by atoms with Crippen LogP contribution >= 0.6 is 0 Å². The summed E-state index contributed by atoms with van der Waals surface area (Å²) in [5.41, 5.74) is 1.10. The van der Waals surface area contributed by atoms with Crippen molar-refractivity contribution < 1.29 is 4.79 Å². The van der Waals surface area contributed by atoms with Crippen LogP contribution in [0.1, 0.15) is 18.0 Å². The molecule has 2 rings (SSSR count). The van der Waals surface area contributed by atoms with Gasteiger partial charge in [0.2, 0.25) is 6.41 Å². The molecule has 1 atom stereocenters. The maximum absolute atomic E-state index is 10.8. The van der Waals surface area contributed by atoms with E-state index in [0.717, 1.165) is 18.4 Å². The molecule has 3 nitrogen and oxygen atoms in total. The second-order valence-corrected chi connectivity index (χ2v) is 3.31. The van der Waals surface area contributed by atoms with Gasteiger partial charge < -0.3 is 4.90 Å². The zero-order chi connectivity index (χ0) is 9.80. The van der Waals surface area contributed by atoms with Crippen molar-refractivity contribution in [1.29, 1.82) is 0 Å². The van der Waals surface area contributed by atoms with E-state index in [4.69, 9.17) is 0 Å². The van der Waals surface area contributed by atoms with Crippen molar-refractivity contribution >= 4 is 6.41 Å². The molecule has 0 radical (unpaired) electrons. The zero-order valence-corrected chi connectivity index (χ0v) is 7.84. The second kappa shape index (κ2) is 4.05. The van der Waals surface area contributed by atoms with Crippen LogP contribution in [0, 0.1) is 0 Å². The van der Waals surface area contributed by atoms with E-state index >= 15 is 0 Å². The molecule has 1 aromatic heterocycles. The average molecular weight is 188 g/mol. The van der Waals surface area contributed by atoms with Crippen molar-refractivity contribution in [3.05, 3.63) is 42.2 Å². The molecule has 0 unspecified atom stereocenters. The molecule has 1 aliphatic rings. The van der Waals surface area contributed by atoms with E-state index in [-0.39, 0.29) is 6.04 Å². The Balaban J connectivity index is 2.24. The minimum Gasteiger partial charge on any atom is -0.334 e. The Labute approximate surface area is 83.1 Å². The molecule has 0 aliphatic carbocycles. The number of hydrogen-bond donors (Lipinski definition) is 0. The van der Waals surface area contributed by atoms with Crippen LogP contribution in [0.15, 0.2) is 36.7 Å². The fraction of sp³-hybridized carbons (Fsp3) is 0.273. The Kier molecular flexibility index (Phi) is 2.58. The lowest BCUT2D eigenvalue weighted by Crippen LogP contribution is -2.29. The van der Waals surface area contributed by atoms with Crippen molar-refractivity contribution in [2.75, 3.05) is 6.54 Å². The number of carbonyl (C=O) groups is 1. The highest BCUT2D eigenvalue weighted by Crippen LogP contribution is 2.25. The Morgan fingerprint density at radius 3 is 3.14 bits per heavy atom. The minimum atomic E-state index is 0.159. The van der Waals surface area contributed by atoms with Crippen molar-refractivity contribution in [3.63, 3.8) is 0 Å². The van der Waals surface area contributed by atoms with Gasteiger partial charge >= 0.3 is 0 Å². The van der Waals surface area contributed by atoms with E-state index in [0.29, 0.717) is 6.54 Å². The molecule has 0 fully saturated rings. The van der Waals surface area contributed by atoms with Crippen LogP contribution in [-0.2, 0) is 4.79 Å². The number of carbonyl (C=O) groups excluding carboxylic acids is 1. The number of pyridine rings is 1. The van der Waals surface area contributed by atoms with Crippen molar-refractivity contribution in [1.82, 2.24) is 9.88 Å². The van der Waals surface area contributed by atoms with Crippen molar-refractivity contribution in [2.45, 2.75) is 12.5 Å². The zero-order valence-electron chi connectivity index (χ0n) is 7.84. The summed E-state index contributed by atoms with van der Waals surface area (Å²) in [5, 5.41) is 0. The van der Waals surface area contributed by atoms with E-state index in [1.54, 1.807) is 11.1 Å². The van der Waals surface area contributed by atoms with Crippen LogP contribution in [0.4, 0.5) is 0 Å². The van der Waals surface area contributed by atoms with Gasteiger partial charge in [0.25, 0.3) is 0 Å². The SMILES string of the molecule is O=CN1CC=CC[C@H]1c1cccnc1. The summed E-state index contributed by atoms with van der Waals surface area (Å²) >= 11 is 0. The molecule has 0 saturated carbocycles. The molecule has 0 N–H and O–H groups in total. The van der Waals surface area contributed by atoms with E-state index in [9.17, 15) is 4.79 Å². The Morgan fingerprint density at radius 2 is 2.43 bits per heavy atom. The number of nitrogens with zero attached hydrogens (tertiary/aromatic N) is 2. The minimum absolute atomic E-state index is 0.159. The summed E-state index contributed by atoms with van der Waals surface area (Å²) in [6, 6.07) is 4.07. The predicted octanol–water partition coefficient (Wildman–Crippen LogP) is 1.54. The standard InChI is InChI=1S/C11H12N2O/c14-9-13-7-2-1-5-11(13)10-4-3-6-12-8-10/h1-4,6,8-9,11H,5,7H2/t11-/m0/s1. The van der Waals surface area contributed by atoms with Gasteiger partial charge in [-0.05, 0) is 18.1 Å². The van der Waals surface area contributed by atoms with Crippen molar-refractivity contribution in [2.24, 2.45) is 0 Å². The topological polar surface area (TPSA) is 33.2 Å². The van der Waals surface area contributed by atoms with Crippen LogP contribution in [-0.4, -0.2) is 22.8 Å². The lowest BCUT2D eigenvalue weighted by Gasteiger charge is -2.29. The third-order valence-electron chi connectivity index (χ3n) is 2.45. The summed E-state index contributed by atoms with van der Waals surface area (Å²) in [6.45, 7) is 0.697. The fourth-order valence-electron chi connectivity index (χ4n) is 1.70. The fourth-order valence-corrected chi connectivity index (χ4v) is 1.70. The first-order valence-electron chi connectivity index (χ1n) is 4.68. The third kappa shape index (κ3) is 1.66. The molecular formula is C11H12N2O. The van der Waals surface area contributed by atoms with Gasteiger partial charge in [0.05, 0.1) is 6.04 Å². The van der Waals surface area contributed by atoms with E-state index < -0.39 is 0 Å². The average Bonchev–Trinajstić information content (AvgIpc) is 2.30. The van der Waals surface area contributed by atoms with Crippen LogP contribution in [0.3, 0.4) is 0 Å². The molecule has 2 heterocycles. The highest BCUT2D eigenvalue weighted by molar-refractivity contribution is 5.49. The normalized spacial score (nSPS) is 20.9. The Bertz CT molecular complexity index is 334. The lowest BCUT2D eigenvalue weighted by atomic mass is 10.0. The highest BCUT2D eigenvalue weighted by atomic mass is 16.1. The predicted molar refractivity (Wildman–Crippen MR) is 53.5 cm³/mol. The lowest BCUT2D eigenvalue weighted by molar-refractivity contribution is -0.120. The molecule has 72 valence electrons. The maximum Gasteiger partial charge on any atom is 0.210 e. The van der Waals surface area contributed by atoms with Gasteiger partial charge in [-0.15, -0.1) is 0 Å². The molecule has 0 spiro atoms. The maximum atomic E-state index is 10.8. The molecule has 1 aromatic rings. The molecule has 14 heavy (non-hydrogen) atoms. The summed E-state index contributed by atoms with van der Waals surface area (Å²) in [4.78, 5) is 16.7. The van der Waals surface area contributed by atoms with Crippen LogP contribution in [0.25, 0.3) is 0 Å². The third-order valence-corrected chi connectivity index (χ3v) is 2.45. The van der Waals surface area contributed by atoms with Gasteiger partial charge in [-0.3, -0.25) is 9.78 Å². The molecule has 1 aliphatic heterocycles. The van der Waals surface area contributed by atoms with Gasteiger partial charge in [0.1, 0.15) is 0 Å². The summed E-state index contributed by atoms with van der Waals surface area (Å²) in [5.74, 6) is 0. The molecule has 0 saturated heterocycles. The molecular weight excluding hydrogens is 176 g/mol. The van der Waals surface area contributed by atoms with Crippen molar-refractivity contribution in [3.8, 4) is 0 Å². The largest absolute Gasteiger partial charge is 0.334 e. The number of aromatic nitrogens is 1. The molecule has 1 amide bonds. The number of rotatable bonds is 2. The van der Waals surface area contributed by atoms with Gasteiger partial charge in [0, 0.05) is 18.9 Å². The van der Waals surface area contributed by atoms with Gasteiger partial charge in [-0.25, -0.2) is 0 Å². The first-order chi connectivity index (χ1) is 6.92. The summed E-state index contributed by atoms with van der Waals surface area (Å²) < 4.78 is 0. The first kappa shape index (κ1) is 8.94. The number of amides is 1. The Morgan fingerprint density at radius 1 is 1.50 bits per heavy atom. The Hall–Kier alpha value is -1.64. The second-order valence-electron chi connectivity index (χ2n) is 3.31. The monoisotopic (exact) mass is 188 g/mol. The van der Waals surface area contributed by atoms with Crippen LogP contribution in [0.2, 0.25) is 0 Å². The van der Waals surface area contributed by atoms with Crippen LogP contribution in [0.5, 0.6) is 0 Å². The quantitative estimate of drug-likeness (QED) is 0.521. The molecule has 0 aromatic carbocycles. The van der Waals surface area contributed by atoms with E-state index in [2.05, 4.69) is 11.1 Å². The van der Waals surface area contributed by atoms with Gasteiger partial charge in [-0.2, -0.15) is 0 Å². The van der Waals surface area contributed by atoms with E-state index in [1.807, 2.05) is 24.4 Å².